The maximum Gasteiger partial charge on any atom is 0.187 e. The van der Waals surface area contributed by atoms with Crippen LogP contribution in [0.1, 0.15) is 106 Å². The summed E-state index contributed by atoms with van der Waals surface area (Å²) >= 11 is 0. The summed E-state index contributed by atoms with van der Waals surface area (Å²) in [7, 11) is 3.00. The summed E-state index contributed by atoms with van der Waals surface area (Å²) in [6.07, 6.45) is 0.218. The van der Waals surface area contributed by atoms with Gasteiger partial charge in [-0.1, -0.05) is 25.5 Å². The maximum atomic E-state index is 12.3. The molecule has 21 atom stereocenters. The molecular weight excluding hydrogens is 700 g/mol. The van der Waals surface area contributed by atoms with Crippen molar-refractivity contribution in [3.05, 3.63) is 11.6 Å². The van der Waals surface area contributed by atoms with Crippen LogP contribution in [0.15, 0.2) is 11.6 Å². The lowest BCUT2D eigenvalue weighted by molar-refractivity contribution is -0.351. The first kappa shape index (κ1) is 41.4. The molecule has 13 heteroatoms. The summed E-state index contributed by atoms with van der Waals surface area (Å²) in [6.45, 7) is 11.9. The van der Waals surface area contributed by atoms with Gasteiger partial charge in [-0.25, -0.2) is 0 Å². The molecule has 0 spiro atoms. The van der Waals surface area contributed by atoms with Gasteiger partial charge in [0.25, 0.3) is 0 Å². The van der Waals surface area contributed by atoms with Crippen molar-refractivity contribution in [1.29, 1.82) is 0 Å². The Balaban J connectivity index is 0.924. The Hall–Kier alpha value is -0.780. The van der Waals surface area contributed by atoms with Crippen LogP contribution in [0.3, 0.4) is 0 Å². The van der Waals surface area contributed by atoms with Crippen molar-refractivity contribution in [3.8, 4) is 0 Å². The van der Waals surface area contributed by atoms with Gasteiger partial charge in [-0.3, -0.25) is 0 Å². The third kappa shape index (κ3) is 7.06. The molecule has 7 rings (SSSR count). The van der Waals surface area contributed by atoms with Crippen LogP contribution in [0.25, 0.3) is 0 Å². The summed E-state index contributed by atoms with van der Waals surface area (Å²) in [6, 6.07) is 0. The number of aliphatic hydroxyl groups is 5. The number of fused-ring (bicyclic) bond motifs is 5. The van der Waals surface area contributed by atoms with Gasteiger partial charge in [0.1, 0.15) is 30.5 Å². The molecule has 0 bridgehead atoms. The molecule has 0 aromatic heterocycles. The largest absolute Gasteiger partial charge is 0.393 e. The fourth-order valence-electron chi connectivity index (χ4n) is 12.3. The zero-order chi connectivity index (χ0) is 38.9. The van der Waals surface area contributed by atoms with E-state index in [4.69, 9.17) is 37.9 Å². The number of hydrogen-bond donors (Lipinski definition) is 5. The van der Waals surface area contributed by atoms with Crippen molar-refractivity contribution in [2.24, 2.45) is 28.6 Å². The van der Waals surface area contributed by atoms with Crippen LogP contribution in [0.2, 0.25) is 0 Å². The Morgan fingerprint density at radius 1 is 0.759 bits per heavy atom. The number of rotatable bonds is 9. The normalized spacial score (nSPS) is 54.2. The lowest BCUT2D eigenvalue weighted by Gasteiger charge is -2.61. The summed E-state index contributed by atoms with van der Waals surface area (Å²) in [5, 5.41) is 55.5. The van der Waals surface area contributed by atoms with Crippen molar-refractivity contribution >= 4 is 0 Å². The van der Waals surface area contributed by atoms with Gasteiger partial charge in [-0.05, 0) is 102 Å². The van der Waals surface area contributed by atoms with Crippen LogP contribution in [0.4, 0.5) is 0 Å². The number of ether oxygens (including phenoxy) is 8. The number of allylic oxidation sites excluding steroid dienone is 1. The highest BCUT2D eigenvalue weighted by atomic mass is 16.7. The van der Waals surface area contributed by atoms with Crippen molar-refractivity contribution in [2.45, 2.75) is 203 Å². The van der Waals surface area contributed by atoms with Crippen LogP contribution in [0, 0.1) is 28.6 Å². The Kier molecular flexibility index (Phi) is 12.1. The van der Waals surface area contributed by atoms with E-state index in [0.717, 1.165) is 51.4 Å². The molecule has 5 N–H and O–H groups in total. The Morgan fingerprint density at radius 3 is 2.13 bits per heavy atom. The first-order valence-electron chi connectivity index (χ1n) is 20.7. The topological polar surface area (TPSA) is 175 Å². The molecule has 6 fully saturated rings. The fourth-order valence-corrected chi connectivity index (χ4v) is 12.3. The smallest absolute Gasteiger partial charge is 0.187 e. The molecule has 3 saturated carbocycles. The monoisotopic (exact) mass is 768 g/mol. The molecule has 310 valence electrons. The van der Waals surface area contributed by atoms with Crippen LogP contribution < -0.4 is 0 Å². The van der Waals surface area contributed by atoms with Crippen LogP contribution >= 0.6 is 0 Å². The minimum absolute atomic E-state index is 0.0135. The van der Waals surface area contributed by atoms with Gasteiger partial charge in [-0.15, -0.1) is 0 Å². The average molecular weight is 769 g/mol. The second kappa shape index (κ2) is 15.8. The number of aliphatic hydroxyl groups excluding tert-OH is 4. The van der Waals surface area contributed by atoms with Gasteiger partial charge in [0.05, 0.1) is 48.3 Å². The Bertz CT molecular complexity index is 1320. The Morgan fingerprint density at radius 2 is 1.46 bits per heavy atom. The Labute approximate surface area is 320 Å². The predicted molar refractivity (Wildman–Crippen MR) is 195 cm³/mol. The van der Waals surface area contributed by atoms with Crippen molar-refractivity contribution in [2.75, 3.05) is 14.2 Å². The van der Waals surface area contributed by atoms with Gasteiger partial charge < -0.3 is 63.4 Å². The lowest BCUT2D eigenvalue weighted by Crippen LogP contribution is -2.61. The van der Waals surface area contributed by atoms with E-state index < -0.39 is 91.6 Å². The van der Waals surface area contributed by atoms with Crippen LogP contribution in [0.5, 0.6) is 0 Å². The van der Waals surface area contributed by atoms with Crippen LogP contribution in [-0.2, 0) is 37.9 Å². The molecule has 3 aliphatic heterocycles. The highest BCUT2D eigenvalue weighted by Crippen LogP contribution is 2.68. The summed E-state index contributed by atoms with van der Waals surface area (Å²) < 4.78 is 48.6. The summed E-state index contributed by atoms with van der Waals surface area (Å²) in [5.41, 5.74) is 0.444. The van der Waals surface area contributed by atoms with Gasteiger partial charge in [0.2, 0.25) is 0 Å². The van der Waals surface area contributed by atoms with Gasteiger partial charge in [-0.2, -0.15) is 0 Å². The zero-order valence-electron chi connectivity index (χ0n) is 33.5. The third-order valence-electron chi connectivity index (χ3n) is 15.5. The number of hydrogen-bond acceptors (Lipinski definition) is 13. The first-order chi connectivity index (χ1) is 25.5. The summed E-state index contributed by atoms with van der Waals surface area (Å²) in [5.74, 6) is 0.753. The molecule has 3 heterocycles. The standard InChI is InChI=1S/C41H68O13/c1-20(42)26-13-16-41(46)28-10-9-24-17-25(11-14-39(24,5)27(28)12-15-40(26,41)6)52-31-18-29(43)35(22(3)49-31)53-32-19-30(47-7)36(23(4)50-32)54-38-34(45)37(48-8)33(44)21(2)51-38/h9,20-23,25-38,42-46H,10-19H2,1-8H3. The molecule has 7 aliphatic rings. The van der Waals surface area contributed by atoms with Crippen molar-refractivity contribution in [1.82, 2.24) is 0 Å². The van der Waals surface area contributed by atoms with Crippen molar-refractivity contribution in [3.63, 3.8) is 0 Å². The van der Waals surface area contributed by atoms with Crippen molar-refractivity contribution < 1.29 is 63.4 Å². The molecule has 21 unspecified atom stereocenters. The van der Waals surface area contributed by atoms with Gasteiger partial charge in [0, 0.05) is 32.5 Å². The van der Waals surface area contributed by atoms with Gasteiger partial charge in [0.15, 0.2) is 18.9 Å². The predicted octanol–water partition coefficient (Wildman–Crippen LogP) is 3.34. The van der Waals surface area contributed by atoms with E-state index in [-0.39, 0.29) is 35.2 Å². The average Bonchev–Trinajstić information content (AvgIpc) is 3.41. The SMILES string of the molecule is COC1CC(OC2C(O)CC(OC3CCC4(C)C(=CCC5C4CCC4(C)C(C(C)O)CCC54O)C3)OC2C)OC(C)C1OC1OC(C)C(O)C(OC)C1O. The molecule has 0 aromatic carbocycles. The van der Waals surface area contributed by atoms with E-state index in [1.165, 1.54) is 12.7 Å². The maximum absolute atomic E-state index is 12.3. The molecule has 13 nitrogen and oxygen atoms in total. The minimum Gasteiger partial charge on any atom is -0.393 e. The van der Waals surface area contributed by atoms with E-state index in [1.54, 1.807) is 14.0 Å². The molecule has 0 aromatic rings. The highest BCUT2D eigenvalue weighted by molar-refractivity contribution is 5.28. The molecule has 3 saturated heterocycles. The van der Waals surface area contributed by atoms with Gasteiger partial charge >= 0.3 is 0 Å². The summed E-state index contributed by atoms with van der Waals surface area (Å²) in [4.78, 5) is 0. The van der Waals surface area contributed by atoms with E-state index in [0.29, 0.717) is 12.3 Å². The minimum atomic E-state index is -1.21. The van der Waals surface area contributed by atoms with E-state index in [9.17, 15) is 25.5 Å². The molecule has 0 amide bonds. The fraction of sp³-hybridized carbons (Fsp3) is 0.951. The molecule has 0 radical (unpaired) electrons. The molecule has 4 aliphatic carbocycles. The van der Waals surface area contributed by atoms with Crippen LogP contribution in [-0.4, -0.2) is 137 Å². The molecule has 54 heavy (non-hydrogen) atoms. The zero-order valence-corrected chi connectivity index (χ0v) is 33.5. The highest BCUT2D eigenvalue weighted by Gasteiger charge is 2.67. The lowest BCUT2D eigenvalue weighted by atomic mass is 9.45. The van der Waals surface area contributed by atoms with E-state index in [2.05, 4.69) is 19.9 Å². The molecular formula is C41H68O13. The second-order valence-corrected chi connectivity index (χ2v) is 18.3. The quantitative estimate of drug-likeness (QED) is 0.216. The third-order valence-corrected chi connectivity index (χ3v) is 15.5. The van der Waals surface area contributed by atoms with E-state index in [1.807, 2.05) is 20.8 Å². The first-order valence-corrected chi connectivity index (χ1v) is 20.7. The van der Waals surface area contributed by atoms with E-state index >= 15 is 0 Å². The second-order valence-electron chi connectivity index (χ2n) is 18.3. The number of methoxy groups -OCH3 is 2.